The molecule has 0 fully saturated rings. The summed E-state index contributed by atoms with van der Waals surface area (Å²) in [4.78, 5) is 12.2. The van der Waals surface area contributed by atoms with Crippen molar-refractivity contribution in [2.24, 2.45) is 5.73 Å². The standard InChI is InChI=1S/C6H14N2O2/c1-4(9)5(6(7)10)8(2)3/h4-5,9H,1-3H3,(H2,7,10)/t4-,5+/m1/s1. The molecule has 10 heavy (non-hydrogen) atoms. The minimum absolute atomic E-state index is 0.500. The van der Waals surface area contributed by atoms with Crippen LogP contribution in [0.2, 0.25) is 0 Å². The molecule has 4 nitrogen and oxygen atoms in total. The largest absolute Gasteiger partial charge is 0.391 e. The van der Waals surface area contributed by atoms with E-state index in [1.807, 2.05) is 0 Å². The van der Waals surface area contributed by atoms with Gasteiger partial charge in [0.2, 0.25) is 5.91 Å². The van der Waals surface area contributed by atoms with Crippen molar-refractivity contribution < 1.29 is 9.90 Å². The minimum atomic E-state index is -0.715. The molecule has 0 rings (SSSR count). The lowest BCUT2D eigenvalue weighted by molar-refractivity contribution is -0.125. The van der Waals surface area contributed by atoms with Crippen LogP contribution >= 0.6 is 0 Å². The van der Waals surface area contributed by atoms with Gasteiger partial charge >= 0.3 is 0 Å². The number of rotatable bonds is 3. The maximum atomic E-state index is 10.6. The fourth-order valence-electron chi connectivity index (χ4n) is 0.924. The number of likely N-dealkylation sites (N-methyl/N-ethyl adjacent to an activating group) is 1. The third-order valence-electron chi connectivity index (χ3n) is 1.30. The van der Waals surface area contributed by atoms with Crippen LogP contribution in [0.3, 0.4) is 0 Å². The number of hydrogen-bond acceptors (Lipinski definition) is 3. The second kappa shape index (κ2) is 3.53. The lowest BCUT2D eigenvalue weighted by Crippen LogP contribution is -2.47. The first-order valence-electron chi connectivity index (χ1n) is 3.10. The normalized spacial score (nSPS) is 16.9. The number of nitrogens with zero attached hydrogens (tertiary/aromatic N) is 1. The third-order valence-corrected chi connectivity index (χ3v) is 1.30. The number of amides is 1. The van der Waals surface area contributed by atoms with Crippen LogP contribution in [0.25, 0.3) is 0 Å². The number of carbonyl (C=O) groups excluding carboxylic acids is 1. The summed E-state index contributed by atoms with van der Waals surface area (Å²) in [6.07, 6.45) is -0.715. The maximum Gasteiger partial charge on any atom is 0.237 e. The summed E-state index contributed by atoms with van der Waals surface area (Å²) in [5.41, 5.74) is 5.00. The SMILES string of the molecule is C[C@@H](O)[C@@H](C(N)=O)N(C)C. The highest BCUT2D eigenvalue weighted by atomic mass is 16.3. The molecule has 0 aliphatic heterocycles. The van der Waals surface area contributed by atoms with Crippen molar-refractivity contribution in [1.82, 2.24) is 4.90 Å². The Kier molecular flexibility index (Phi) is 3.32. The molecular weight excluding hydrogens is 132 g/mol. The van der Waals surface area contributed by atoms with Crippen molar-refractivity contribution in [3.8, 4) is 0 Å². The molecular formula is C6H14N2O2. The van der Waals surface area contributed by atoms with Gasteiger partial charge in [-0.1, -0.05) is 0 Å². The Morgan fingerprint density at radius 1 is 1.60 bits per heavy atom. The van der Waals surface area contributed by atoms with E-state index in [0.29, 0.717) is 0 Å². The van der Waals surface area contributed by atoms with Crippen LogP contribution in [0, 0.1) is 0 Å². The first-order chi connectivity index (χ1) is 4.46. The maximum absolute atomic E-state index is 10.6. The number of carbonyl (C=O) groups is 1. The molecule has 0 spiro atoms. The molecule has 0 heterocycles. The zero-order chi connectivity index (χ0) is 8.31. The van der Waals surface area contributed by atoms with Gasteiger partial charge in [0.25, 0.3) is 0 Å². The molecule has 2 atom stereocenters. The zero-order valence-electron chi connectivity index (χ0n) is 6.53. The lowest BCUT2D eigenvalue weighted by atomic mass is 10.1. The molecule has 0 unspecified atom stereocenters. The molecule has 0 aliphatic rings. The minimum Gasteiger partial charge on any atom is -0.391 e. The number of aliphatic hydroxyl groups is 1. The van der Waals surface area contributed by atoms with Crippen molar-refractivity contribution in [3.05, 3.63) is 0 Å². The third kappa shape index (κ3) is 2.33. The van der Waals surface area contributed by atoms with Crippen LogP contribution in [0.1, 0.15) is 6.92 Å². The molecule has 0 bridgehead atoms. The van der Waals surface area contributed by atoms with Gasteiger partial charge in [-0.25, -0.2) is 0 Å². The number of primary amides is 1. The first-order valence-corrected chi connectivity index (χ1v) is 3.10. The summed E-state index contributed by atoms with van der Waals surface area (Å²) in [7, 11) is 3.39. The van der Waals surface area contributed by atoms with Crippen LogP contribution in [0.4, 0.5) is 0 Å². The molecule has 0 radical (unpaired) electrons. The number of nitrogens with two attached hydrogens (primary N) is 1. The summed E-state index contributed by atoms with van der Waals surface area (Å²) >= 11 is 0. The second-order valence-corrected chi connectivity index (χ2v) is 2.55. The molecule has 60 valence electrons. The fourth-order valence-corrected chi connectivity index (χ4v) is 0.924. The average Bonchev–Trinajstić information content (AvgIpc) is 1.59. The first kappa shape index (κ1) is 9.39. The number of aliphatic hydroxyl groups excluding tert-OH is 1. The molecule has 0 aromatic rings. The molecule has 3 N–H and O–H groups in total. The Morgan fingerprint density at radius 2 is 2.00 bits per heavy atom. The van der Waals surface area contributed by atoms with Crippen molar-refractivity contribution in [2.75, 3.05) is 14.1 Å². The van der Waals surface area contributed by atoms with Gasteiger partial charge in [-0.2, -0.15) is 0 Å². The summed E-state index contributed by atoms with van der Waals surface area (Å²) in [5, 5.41) is 9.01. The molecule has 0 aromatic heterocycles. The van der Waals surface area contributed by atoms with E-state index in [2.05, 4.69) is 0 Å². The van der Waals surface area contributed by atoms with E-state index in [4.69, 9.17) is 10.8 Å². The van der Waals surface area contributed by atoms with Gasteiger partial charge in [-0.05, 0) is 21.0 Å². The quantitative estimate of drug-likeness (QED) is 0.524. The van der Waals surface area contributed by atoms with Crippen molar-refractivity contribution in [3.63, 3.8) is 0 Å². The molecule has 0 aliphatic carbocycles. The van der Waals surface area contributed by atoms with E-state index < -0.39 is 18.1 Å². The highest BCUT2D eigenvalue weighted by Crippen LogP contribution is 1.97. The highest BCUT2D eigenvalue weighted by molar-refractivity contribution is 5.80. The molecule has 0 aromatic carbocycles. The van der Waals surface area contributed by atoms with E-state index in [0.717, 1.165) is 0 Å². The molecule has 1 amide bonds. The van der Waals surface area contributed by atoms with Crippen LogP contribution < -0.4 is 5.73 Å². The number of hydrogen-bond donors (Lipinski definition) is 2. The van der Waals surface area contributed by atoms with Crippen molar-refractivity contribution in [2.45, 2.75) is 19.1 Å². The van der Waals surface area contributed by atoms with Gasteiger partial charge in [-0.15, -0.1) is 0 Å². The predicted molar refractivity (Wildman–Crippen MR) is 38.4 cm³/mol. The smallest absolute Gasteiger partial charge is 0.237 e. The monoisotopic (exact) mass is 146 g/mol. The Labute approximate surface area is 60.6 Å². The van der Waals surface area contributed by atoms with Crippen LogP contribution in [-0.4, -0.2) is 42.2 Å². The zero-order valence-corrected chi connectivity index (χ0v) is 6.53. The topological polar surface area (TPSA) is 66.6 Å². The van der Waals surface area contributed by atoms with E-state index in [9.17, 15) is 4.79 Å². The molecule has 0 saturated heterocycles. The van der Waals surface area contributed by atoms with Gasteiger partial charge in [0.1, 0.15) is 6.04 Å². The molecule has 4 heteroatoms. The van der Waals surface area contributed by atoms with Crippen molar-refractivity contribution in [1.29, 1.82) is 0 Å². The second-order valence-electron chi connectivity index (χ2n) is 2.55. The van der Waals surface area contributed by atoms with Crippen LogP contribution in [0.5, 0.6) is 0 Å². The summed E-state index contributed by atoms with van der Waals surface area (Å²) in [6, 6.07) is -0.583. The molecule has 0 saturated carbocycles. The Morgan fingerprint density at radius 3 is 2.00 bits per heavy atom. The van der Waals surface area contributed by atoms with Gasteiger partial charge in [0.05, 0.1) is 6.10 Å². The highest BCUT2D eigenvalue weighted by Gasteiger charge is 2.22. The van der Waals surface area contributed by atoms with Gasteiger partial charge in [-0.3, -0.25) is 9.69 Å². The summed E-state index contributed by atoms with van der Waals surface area (Å²) in [5.74, 6) is -0.500. The fraction of sp³-hybridized carbons (Fsp3) is 0.833. The van der Waals surface area contributed by atoms with Crippen LogP contribution in [-0.2, 0) is 4.79 Å². The Bertz CT molecular complexity index is 115. The summed E-state index contributed by atoms with van der Waals surface area (Å²) < 4.78 is 0. The van der Waals surface area contributed by atoms with E-state index in [-0.39, 0.29) is 0 Å². The van der Waals surface area contributed by atoms with Gasteiger partial charge < -0.3 is 10.8 Å². The van der Waals surface area contributed by atoms with E-state index in [1.54, 1.807) is 19.0 Å². The summed E-state index contributed by atoms with van der Waals surface area (Å²) in [6.45, 7) is 1.54. The van der Waals surface area contributed by atoms with Crippen molar-refractivity contribution >= 4 is 5.91 Å². The Hall–Kier alpha value is -0.610. The van der Waals surface area contributed by atoms with Crippen LogP contribution in [0.15, 0.2) is 0 Å². The Balaban J connectivity index is 4.12. The average molecular weight is 146 g/mol. The van der Waals surface area contributed by atoms with Gasteiger partial charge in [0.15, 0.2) is 0 Å². The lowest BCUT2D eigenvalue weighted by Gasteiger charge is -2.23. The van der Waals surface area contributed by atoms with Gasteiger partial charge in [0, 0.05) is 0 Å². The van der Waals surface area contributed by atoms with E-state index in [1.165, 1.54) is 6.92 Å². The van der Waals surface area contributed by atoms with E-state index >= 15 is 0 Å². The predicted octanol–water partition coefficient (Wildman–Crippen LogP) is -1.22.